The van der Waals surface area contributed by atoms with E-state index < -0.39 is 0 Å². The Morgan fingerprint density at radius 2 is 1.96 bits per heavy atom. The van der Waals surface area contributed by atoms with Crippen LogP contribution in [0.1, 0.15) is 37.6 Å². The predicted octanol–water partition coefficient (Wildman–Crippen LogP) is 1.56. The lowest BCUT2D eigenvalue weighted by Crippen LogP contribution is -2.40. The summed E-state index contributed by atoms with van der Waals surface area (Å²) in [6, 6.07) is 10.2. The molecule has 1 fully saturated rings. The van der Waals surface area contributed by atoms with E-state index in [2.05, 4.69) is 27.8 Å². The zero-order valence-electron chi connectivity index (χ0n) is 16.4. The number of nitrogens with two attached hydrogens (primary N) is 1. The van der Waals surface area contributed by atoms with Crippen molar-refractivity contribution in [3.8, 4) is 0 Å². The number of benzene rings is 1. The molecule has 1 aliphatic rings. The van der Waals surface area contributed by atoms with E-state index in [0.29, 0.717) is 12.3 Å². The van der Waals surface area contributed by atoms with Crippen molar-refractivity contribution < 1.29 is 4.79 Å². The molecule has 5 nitrogen and oxygen atoms in total. The Kier molecular flexibility index (Phi) is 6.32. The number of carbonyl (C=O) groups is 1. The molecule has 0 atom stereocenters. The first-order valence-corrected chi connectivity index (χ1v) is 9.85. The van der Waals surface area contributed by atoms with Crippen molar-refractivity contribution in [2.24, 2.45) is 11.7 Å². The summed E-state index contributed by atoms with van der Waals surface area (Å²) in [6.45, 7) is 6.70. The molecule has 0 radical (unpaired) electrons. The maximum Gasteiger partial charge on any atom is 0.222 e. The Balaban J connectivity index is 1.53. The van der Waals surface area contributed by atoms with E-state index in [-0.39, 0.29) is 5.91 Å². The SMILES string of the molecule is C/C=c1\c(=C/N)nc(C)n1CC1CCN(C(=O)CCc2ccccc2)CC1. The molecule has 1 saturated heterocycles. The molecule has 0 bridgehead atoms. The van der Waals surface area contributed by atoms with Crippen LogP contribution in [0.5, 0.6) is 0 Å². The van der Waals surface area contributed by atoms with Gasteiger partial charge < -0.3 is 15.2 Å². The summed E-state index contributed by atoms with van der Waals surface area (Å²) in [5, 5.41) is 1.94. The lowest BCUT2D eigenvalue weighted by molar-refractivity contribution is -0.132. The van der Waals surface area contributed by atoms with Gasteiger partial charge in [-0.2, -0.15) is 0 Å². The van der Waals surface area contributed by atoms with Crippen LogP contribution in [0.3, 0.4) is 0 Å². The van der Waals surface area contributed by atoms with E-state index in [4.69, 9.17) is 5.73 Å². The van der Waals surface area contributed by atoms with Crippen molar-refractivity contribution >= 4 is 18.2 Å². The topological polar surface area (TPSA) is 64.2 Å². The standard InChI is InChI=1S/C22H30N4O/c1-3-21-20(15-23)24-17(2)26(21)16-19-11-13-25(14-12-19)22(27)10-9-18-7-5-4-6-8-18/h3-8,15,19H,9-14,16,23H2,1-2H3/b20-15+,21-3+. The Labute approximate surface area is 161 Å². The van der Waals surface area contributed by atoms with Gasteiger partial charge in [-0.3, -0.25) is 4.79 Å². The maximum atomic E-state index is 12.5. The van der Waals surface area contributed by atoms with Crippen molar-refractivity contribution in [1.82, 2.24) is 14.5 Å². The second kappa shape index (κ2) is 8.89. The third kappa shape index (κ3) is 4.59. The molecule has 27 heavy (non-hydrogen) atoms. The summed E-state index contributed by atoms with van der Waals surface area (Å²) in [7, 11) is 0. The van der Waals surface area contributed by atoms with Gasteiger partial charge in [0.1, 0.15) is 11.2 Å². The van der Waals surface area contributed by atoms with Gasteiger partial charge in [-0.05, 0) is 44.6 Å². The van der Waals surface area contributed by atoms with Crippen molar-refractivity contribution in [1.29, 1.82) is 0 Å². The van der Waals surface area contributed by atoms with Crippen molar-refractivity contribution in [3.05, 3.63) is 52.4 Å². The molecule has 1 amide bonds. The molecule has 0 unspecified atom stereocenters. The molecule has 0 aliphatic carbocycles. The highest BCUT2D eigenvalue weighted by atomic mass is 16.2. The zero-order chi connectivity index (χ0) is 19.2. The highest BCUT2D eigenvalue weighted by molar-refractivity contribution is 5.76. The van der Waals surface area contributed by atoms with Crippen molar-refractivity contribution in [2.45, 2.75) is 46.1 Å². The highest BCUT2D eigenvalue weighted by Gasteiger charge is 2.23. The molecule has 1 aliphatic heterocycles. The summed E-state index contributed by atoms with van der Waals surface area (Å²) in [6.07, 6.45) is 7.15. The Morgan fingerprint density at radius 3 is 2.59 bits per heavy atom. The number of imidazole rings is 1. The molecule has 3 rings (SSSR count). The number of piperidine rings is 1. The van der Waals surface area contributed by atoms with Crippen molar-refractivity contribution in [3.63, 3.8) is 0 Å². The smallest absolute Gasteiger partial charge is 0.222 e. The second-order valence-electron chi connectivity index (χ2n) is 7.31. The third-order valence-corrected chi connectivity index (χ3v) is 5.54. The minimum atomic E-state index is 0.277. The summed E-state index contributed by atoms with van der Waals surface area (Å²) in [5.41, 5.74) is 6.93. The summed E-state index contributed by atoms with van der Waals surface area (Å²) >= 11 is 0. The Bertz CT molecular complexity index is 877. The van der Waals surface area contributed by atoms with Gasteiger partial charge in [0.25, 0.3) is 0 Å². The van der Waals surface area contributed by atoms with E-state index >= 15 is 0 Å². The number of likely N-dealkylation sites (tertiary alicyclic amines) is 1. The van der Waals surface area contributed by atoms with Crippen LogP contribution in [-0.4, -0.2) is 33.4 Å². The molecule has 5 heteroatoms. The number of aromatic nitrogens is 2. The molecule has 2 N–H and O–H groups in total. The quantitative estimate of drug-likeness (QED) is 0.873. The van der Waals surface area contributed by atoms with Crippen LogP contribution in [0.25, 0.3) is 12.3 Å². The van der Waals surface area contributed by atoms with E-state index in [0.717, 1.165) is 55.4 Å². The van der Waals surface area contributed by atoms with Crippen LogP contribution in [0.2, 0.25) is 0 Å². The molecular weight excluding hydrogens is 336 g/mol. The number of rotatable bonds is 5. The van der Waals surface area contributed by atoms with Gasteiger partial charge in [0.15, 0.2) is 0 Å². The molecule has 2 heterocycles. The number of nitrogens with zero attached hydrogens (tertiary/aromatic N) is 3. The third-order valence-electron chi connectivity index (χ3n) is 5.54. The van der Waals surface area contributed by atoms with Crippen LogP contribution in [0.15, 0.2) is 30.3 Å². The average Bonchev–Trinajstić information content (AvgIpc) is 3.02. The molecule has 2 aromatic rings. The number of hydrogen-bond acceptors (Lipinski definition) is 3. The van der Waals surface area contributed by atoms with E-state index in [9.17, 15) is 4.79 Å². The van der Waals surface area contributed by atoms with Gasteiger partial charge in [-0.25, -0.2) is 4.98 Å². The maximum absolute atomic E-state index is 12.5. The first-order chi connectivity index (χ1) is 13.1. The highest BCUT2D eigenvalue weighted by Crippen LogP contribution is 2.20. The summed E-state index contributed by atoms with van der Waals surface area (Å²) < 4.78 is 2.26. The van der Waals surface area contributed by atoms with E-state index in [1.54, 1.807) is 6.20 Å². The number of hydrogen-bond donors (Lipinski definition) is 1. The lowest BCUT2D eigenvalue weighted by atomic mass is 9.96. The zero-order valence-corrected chi connectivity index (χ0v) is 16.4. The van der Waals surface area contributed by atoms with Gasteiger partial charge >= 0.3 is 0 Å². The Morgan fingerprint density at radius 1 is 1.26 bits per heavy atom. The van der Waals surface area contributed by atoms with Gasteiger partial charge in [0.05, 0.1) is 5.35 Å². The summed E-state index contributed by atoms with van der Waals surface area (Å²) in [4.78, 5) is 19.1. The van der Waals surface area contributed by atoms with Gasteiger partial charge in [-0.15, -0.1) is 0 Å². The monoisotopic (exact) mass is 366 g/mol. The fourth-order valence-corrected chi connectivity index (χ4v) is 3.94. The molecule has 0 saturated carbocycles. The minimum Gasteiger partial charge on any atom is -0.403 e. The first-order valence-electron chi connectivity index (χ1n) is 9.85. The summed E-state index contributed by atoms with van der Waals surface area (Å²) in [5.74, 6) is 1.85. The number of aryl methyl sites for hydroxylation is 2. The molecule has 0 spiro atoms. The molecular formula is C22H30N4O. The second-order valence-corrected chi connectivity index (χ2v) is 7.31. The fraction of sp³-hybridized carbons (Fsp3) is 0.455. The van der Waals surface area contributed by atoms with Crippen LogP contribution in [0.4, 0.5) is 0 Å². The predicted molar refractivity (Wildman–Crippen MR) is 109 cm³/mol. The molecule has 144 valence electrons. The first kappa shape index (κ1) is 19.2. The largest absolute Gasteiger partial charge is 0.403 e. The number of carbonyl (C=O) groups excluding carboxylic acids is 1. The van der Waals surface area contributed by atoms with Crippen LogP contribution in [0, 0.1) is 12.8 Å². The van der Waals surface area contributed by atoms with Crippen LogP contribution in [-0.2, 0) is 17.8 Å². The van der Waals surface area contributed by atoms with Crippen molar-refractivity contribution in [2.75, 3.05) is 13.1 Å². The minimum absolute atomic E-state index is 0.277. The number of amides is 1. The van der Waals surface area contributed by atoms with Crippen LogP contribution < -0.4 is 16.4 Å². The molecule has 1 aromatic carbocycles. The Hall–Kier alpha value is -2.56. The van der Waals surface area contributed by atoms with Gasteiger partial charge in [0.2, 0.25) is 5.91 Å². The van der Waals surface area contributed by atoms with Gasteiger partial charge in [-0.1, -0.05) is 36.4 Å². The average molecular weight is 367 g/mol. The van der Waals surface area contributed by atoms with E-state index in [1.807, 2.05) is 36.9 Å². The van der Waals surface area contributed by atoms with E-state index in [1.165, 1.54) is 5.56 Å². The van der Waals surface area contributed by atoms with Crippen LogP contribution >= 0.6 is 0 Å². The van der Waals surface area contributed by atoms with Gasteiger partial charge in [0, 0.05) is 32.3 Å². The lowest BCUT2D eigenvalue weighted by Gasteiger charge is -2.32. The fourth-order valence-electron chi connectivity index (χ4n) is 3.94. The molecule has 1 aromatic heterocycles. The normalized spacial score (nSPS) is 16.9.